The monoisotopic (exact) mass is 495 g/mol. The Morgan fingerprint density at radius 3 is 2.24 bits per heavy atom. The molecule has 0 aromatic heterocycles. The summed E-state index contributed by atoms with van der Waals surface area (Å²) in [5.74, 6) is -1.02. The van der Waals surface area contributed by atoms with E-state index in [0.29, 0.717) is 30.4 Å². The Hall–Kier alpha value is -2.50. The van der Waals surface area contributed by atoms with E-state index >= 15 is 0 Å². The van der Waals surface area contributed by atoms with E-state index in [-0.39, 0.29) is 18.6 Å². The molecule has 0 saturated heterocycles. The normalized spacial score (nSPS) is 15.2. The van der Waals surface area contributed by atoms with Crippen LogP contribution in [0, 0.1) is 0 Å². The van der Waals surface area contributed by atoms with E-state index in [1.54, 1.807) is 20.8 Å². The number of ether oxygens (including phenoxy) is 2. The van der Waals surface area contributed by atoms with E-state index < -0.39 is 39.3 Å². The second kappa shape index (κ2) is 10.2. The average Bonchev–Trinajstić information content (AvgIpc) is 2.69. The molecule has 1 aromatic rings. The number of hydrogen-bond acceptors (Lipinski definition) is 7. The first kappa shape index (κ1) is 26.7. The van der Waals surface area contributed by atoms with Gasteiger partial charge in [-0.25, -0.2) is 9.59 Å². The molecule has 0 heterocycles. The van der Waals surface area contributed by atoms with Gasteiger partial charge in [-0.05, 0) is 82.1 Å². The second-order valence-electron chi connectivity index (χ2n) is 8.63. The molecule has 12 heteroatoms. The van der Waals surface area contributed by atoms with Crippen molar-refractivity contribution in [3.05, 3.63) is 28.8 Å². The third kappa shape index (κ3) is 7.24. The van der Waals surface area contributed by atoms with Crippen molar-refractivity contribution in [2.45, 2.75) is 76.4 Å². The van der Waals surface area contributed by atoms with Crippen molar-refractivity contribution in [3.63, 3.8) is 0 Å². The van der Waals surface area contributed by atoms with Crippen molar-refractivity contribution in [2.75, 3.05) is 7.11 Å². The predicted octanol–water partition coefficient (Wildman–Crippen LogP) is 3.79. The Balaban J connectivity index is 2.24. The van der Waals surface area contributed by atoms with Crippen molar-refractivity contribution in [1.82, 2.24) is 5.32 Å². The molecule has 0 aliphatic heterocycles. The molecule has 1 amide bonds. The number of amides is 1. The van der Waals surface area contributed by atoms with Gasteiger partial charge in [-0.3, -0.25) is 0 Å². The van der Waals surface area contributed by atoms with Gasteiger partial charge in [0.15, 0.2) is 0 Å². The van der Waals surface area contributed by atoms with Gasteiger partial charge in [0.25, 0.3) is 0 Å². The lowest BCUT2D eigenvalue weighted by Crippen LogP contribution is -2.44. The third-order valence-electron chi connectivity index (χ3n) is 4.95. The fourth-order valence-electron chi connectivity index (χ4n) is 3.53. The number of carbonyl (C=O) groups excluding carboxylic acids is 2. The Morgan fingerprint density at radius 2 is 1.70 bits per heavy atom. The zero-order valence-corrected chi connectivity index (χ0v) is 19.7. The number of hydrogen-bond donors (Lipinski definition) is 1. The molecule has 186 valence electrons. The first-order valence-electron chi connectivity index (χ1n) is 10.4. The van der Waals surface area contributed by atoms with Crippen LogP contribution in [-0.4, -0.2) is 44.7 Å². The van der Waals surface area contributed by atoms with E-state index in [1.807, 2.05) is 0 Å². The molecule has 1 atom stereocenters. The minimum atomic E-state index is -5.79. The number of aryl methyl sites for hydroxylation is 1. The quantitative estimate of drug-likeness (QED) is 0.348. The molecule has 1 N–H and O–H groups in total. The standard InChI is InChI=1S/C21H28F3NO7S/c1-20(2,3)31-19(27)25-16(18(26)30-4)11-9-13-10-12-17(15-8-6-5-7-14(13)15)32-33(28,29)21(22,23)24/h10,12,16H,5-9,11H2,1-4H3,(H,25,27)/t16-/m0/s1. The van der Waals surface area contributed by atoms with Crippen molar-refractivity contribution < 1.29 is 44.8 Å². The van der Waals surface area contributed by atoms with Crippen molar-refractivity contribution in [1.29, 1.82) is 0 Å². The molecule has 0 saturated carbocycles. The van der Waals surface area contributed by atoms with Crippen LogP contribution in [0.3, 0.4) is 0 Å². The van der Waals surface area contributed by atoms with Crippen LogP contribution in [0.4, 0.5) is 18.0 Å². The Bertz CT molecular complexity index is 985. The fraction of sp³-hybridized carbons (Fsp3) is 0.619. The summed E-state index contributed by atoms with van der Waals surface area (Å²) in [5.41, 5.74) is -4.48. The second-order valence-corrected chi connectivity index (χ2v) is 10.2. The highest BCUT2D eigenvalue weighted by molar-refractivity contribution is 7.88. The summed E-state index contributed by atoms with van der Waals surface area (Å²) in [6.07, 6.45) is 1.96. The maximum atomic E-state index is 12.8. The van der Waals surface area contributed by atoms with Crippen LogP contribution in [0.25, 0.3) is 0 Å². The molecule has 33 heavy (non-hydrogen) atoms. The maximum Gasteiger partial charge on any atom is 0.534 e. The first-order chi connectivity index (χ1) is 15.1. The number of carbonyl (C=O) groups is 2. The summed E-state index contributed by atoms with van der Waals surface area (Å²) < 4.78 is 75.5. The first-order valence-corrected chi connectivity index (χ1v) is 11.8. The lowest BCUT2D eigenvalue weighted by Gasteiger charge is -2.24. The highest BCUT2D eigenvalue weighted by Crippen LogP contribution is 2.36. The maximum absolute atomic E-state index is 12.8. The summed E-state index contributed by atoms with van der Waals surface area (Å²) in [6.45, 7) is 5.03. The van der Waals surface area contributed by atoms with Crippen LogP contribution in [0.15, 0.2) is 12.1 Å². The van der Waals surface area contributed by atoms with Gasteiger partial charge in [0.2, 0.25) is 0 Å². The number of esters is 1. The molecule has 0 fully saturated rings. The number of alkyl carbamates (subject to hydrolysis) is 1. The number of methoxy groups -OCH3 is 1. The fourth-order valence-corrected chi connectivity index (χ4v) is 4.01. The average molecular weight is 496 g/mol. The lowest BCUT2D eigenvalue weighted by atomic mass is 9.86. The molecule has 8 nitrogen and oxygen atoms in total. The number of halogens is 3. The molecular formula is C21H28F3NO7S. The smallest absolute Gasteiger partial charge is 0.467 e. The minimum absolute atomic E-state index is 0.138. The summed E-state index contributed by atoms with van der Waals surface area (Å²) >= 11 is 0. The van der Waals surface area contributed by atoms with Gasteiger partial charge >= 0.3 is 27.7 Å². The highest BCUT2D eigenvalue weighted by atomic mass is 32.2. The van der Waals surface area contributed by atoms with Gasteiger partial charge < -0.3 is 19.0 Å². The van der Waals surface area contributed by atoms with E-state index in [1.165, 1.54) is 19.2 Å². The minimum Gasteiger partial charge on any atom is -0.467 e. The van der Waals surface area contributed by atoms with E-state index in [2.05, 4.69) is 9.50 Å². The van der Waals surface area contributed by atoms with E-state index in [4.69, 9.17) is 9.47 Å². The van der Waals surface area contributed by atoms with Crippen LogP contribution < -0.4 is 9.50 Å². The van der Waals surface area contributed by atoms with Crippen LogP contribution in [0.5, 0.6) is 5.75 Å². The topological polar surface area (TPSA) is 108 Å². The Morgan fingerprint density at radius 1 is 1.09 bits per heavy atom. The van der Waals surface area contributed by atoms with Gasteiger partial charge in [0.05, 0.1) is 7.11 Å². The summed E-state index contributed by atoms with van der Waals surface area (Å²) in [6, 6.07) is 1.66. The molecule has 1 aliphatic carbocycles. The Kier molecular flexibility index (Phi) is 8.26. The lowest BCUT2D eigenvalue weighted by molar-refractivity contribution is -0.143. The Labute approximate surface area is 190 Å². The molecule has 0 unspecified atom stereocenters. The SMILES string of the molecule is COC(=O)[C@H](CCc1ccc(OS(=O)(=O)C(F)(F)F)c2c1CCCC2)NC(=O)OC(C)(C)C. The number of nitrogens with one attached hydrogen (secondary N) is 1. The van der Waals surface area contributed by atoms with Crippen molar-refractivity contribution >= 4 is 22.2 Å². The largest absolute Gasteiger partial charge is 0.534 e. The number of alkyl halides is 3. The molecule has 2 rings (SSSR count). The molecule has 1 aliphatic rings. The van der Waals surface area contributed by atoms with E-state index in [0.717, 1.165) is 12.0 Å². The van der Waals surface area contributed by atoms with Crippen molar-refractivity contribution in [3.8, 4) is 5.75 Å². The van der Waals surface area contributed by atoms with Gasteiger partial charge in [-0.15, -0.1) is 0 Å². The van der Waals surface area contributed by atoms with Crippen LogP contribution in [-0.2, 0) is 43.6 Å². The van der Waals surface area contributed by atoms with Gasteiger partial charge in [-0.2, -0.15) is 21.6 Å². The molecule has 0 bridgehead atoms. The van der Waals surface area contributed by atoms with Gasteiger partial charge in [-0.1, -0.05) is 6.07 Å². The van der Waals surface area contributed by atoms with Gasteiger partial charge in [0, 0.05) is 0 Å². The summed E-state index contributed by atoms with van der Waals surface area (Å²) in [5, 5.41) is 2.47. The highest BCUT2D eigenvalue weighted by Gasteiger charge is 2.49. The predicted molar refractivity (Wildman–Crippen MR) is 112 cm³/mol. The zero-order chi connectivity index (χ0) is 25.0. The molecule has 0 spiro atoms. The molecule has 1 aromatic carbocycles. The third-order valence-corrected chi connectivity index (χ3v) is 5.92. The zero-order valence-electron chi connectivity index (χ0n) is 18.9. The molecule has 0 radical (unpaired) electrons. The van der Waals surface area contributed by atoms with Crippen LogP contribution >= 0.6 is 0 Å². The van der Waals surface area contributed by atoms with E-state index in [9.17, 15) is 31.2 Å². The number of fused-ring (bicyclic) bond motifs is 1. The van der Waals surface area contributed by atoms with Crippen LogP contribution in [0.1, 0.15) is 56.7 Å². The van der Waals surface area contributed by atoms with Crippen LogP contribution in [0.2, 0.25) is 0 Å². The molecular weight excluding hydrogens is 467 g/mol. The summed E-state index contributed by atoms with van der Waals surface area (Å²) in [4.78, 5) is 24.2. The summed E-state index contributed by atoms with van der Waals surface area (Å²) in [7, 11) is -4.61. The number of rotatable bonds is 7. The van der Waals surface area contributed by atoms with Gasteiger partial charge in [0.1, 0.15) is 17.4 Å². The number of benzene rings is 1. The van der Waals surface area contributed by atoms with Crippen molar-refractivity contribution in [2.24, 2.45) is 0 Å².